The molecule has 0 saturated carbocycles. The molecule has 0 aromatic carbocycles. The van der Waals surface area contributed by atoms with E-state index in [2.05, 4.69) is 0 Å². The molecule has 6 heteroatoms. The zero-order valence-corrected chi connectivity index (χ0v) is 12.7. The average molecular weight is 296 g/mol. The number of hydrogen-bond acceptors (Lipinski definition) is 2. The van der Waals surface area contributed by atoms with E-state index in [-0.39, 0.29) is 18.4 Å². The molecule has 1 amide bonds. The fourth-order valence-corrected chi connectivity index (χ4v) is 2.29. The van der Waals surface area contributed by atoms with E-state index in [4.69, 9.17) is 5.73 Å². The third-order valence-electron chi connectivity index (χ3n) is 3.56. The van der Waals surface area contributed by atoms with Gasteiger partial charge < -0.3 is 10.6 Å². The van der Waals surface area contributed by atoms with Crippen LogP contribution in [0.25, 0.3) is 0 Å². The molecular weight excluding hydrogens is 269 g/mol. The molecule has 0 aromatic rings. The maximum absolute atomic E-state index is 12.6. The molecular formula is C14H27F3N2O. The fraction of sp³-hybridized carbons (Fsp3) is 0.929. The molecule has 0 radical (unpaired) electrons. The van der Waals surface area contributed by atoms with Gasteiger partial charge in [0.1, 0.15) is 6.54 Å². The first-order valence-electron chi connectivity index (χ1n) is 7.31. The highest BCUT2D eigenvalue weighted by molar-refractivity contribution is 5.76. The van der Waals surface area contributed by atoms with Gasteiger partial charge in [0.05, 0.1) is 0 Å². The van der Waals surface area contributed by atoms with E-state index in [0.29, 0.717) is 25.8 Å². The molecule has 0 aliphatic heterocycles. The van der Waals surface area contributed by atoms with E-state index in [1.54, 1.807) is 0 Å². The van der Waals surface area contributed by atoms with Gasteiger partial charge in [-0.1, -0.05) is 20.8 Å². The number of alkyl halides is 3. The van der Waals surface area contributed by atoms with Crippen molar-refractivity contribution in [3.05, 3.63) is 0 Å². The van der Waals surface area contributed by atoms with Crippen LogP contribution in [0.15, 0.2) is 0 Å². The van der Waals surface area contributed by atoms with Gasteiger partial charge in [0, 0.05) is 12.5 Å². The Morgan fingerprint density at radius 3 is 2.15 bits per heavy atom. The molecule has 120 valence electrons. The highest BCUT2D eigenvalue weighted by Gasteiger charge is 2.35. The van der Waals surface area contributed by atoms with Crippen molar-refractivity contribution in [2.24, 2.45) is 11.7 Å². The van der Waals surface area contributed by atoms with Crippen molar-refractivity contribution in [1.82, 2.24) is 4.90 Å². The van der Waals surface area contributed by atoms with Crippen LogP contribution in [-0.4, -0.2) is 36.1 Å². The number of nitrogens with zero attached hydrogens (tertiary/aromatic N) is 1. The van der Waals surface area contributed by atoms with Gasteiger partial charge in [-0.2, -0.15) is 13.2 Å². The van der Waals surface area contributed by atoms with Crippen molar-refractivity contribution >= 4 is 5.91 Å². The van der Waals surface area contributed by atoms with Crippen LogP contribution in [0.2, 0.25) is 0 Å². The van der Waals surface area contributed by atoms with Gasteiger partial charge in [-0.15, -0.1) is 0 Å². The maximum atomic E-state index is 12.6. The van der Waals surface area contributed by atoms with Crippen LogP contribution in [0.5, 0.6) is 0 Å². The van der Waals surface area contributed by atoms with Crippen molar-refractivity contribution in [2.45, 2.75) is 65.1 Å². The summed E-state index contributed by atoms with van der Waals surface area (Å²) in [6.07, 6.45) is -1.73. The molecule has 0 fully saturated rings. The van der Waals surface area contributed by atoms with Gasteiger partial charge >= 0.3 is 6.18 Å². The van der Waals surface area contributed by atoms with Crippen LogP contribution >= 0.6 is 0 Å². The van der Waals surface area contributed by atoms with E-state index in [0.717, 1.165) is 11.3 Å². The SMILES string of the molecule is CCC(CC)N(CC(F)(F)F)C(=O)CCC(C)CCN. The smallest absolute Gasteiger partial charge is 0.331 e. The molecule has 1 atom stereocenters. The zero-order chi connectivity index (χ0) is 15.8. The Labute approximate surface area is 119 Å². The molecule has 0 spiro atoms. The summed E-state index contributed by atoms with van der Waals surface area (Å²) in [6, 6.07) is -0.339. The number of rotatable bonds is 9. The van der Waals surface area contributed by atoms with E-state index >= 15 is 0 Å². The topological polar surface area (TPSA) is 46.3 Å². The number of carbonyl (C=O) groups is 1. The van der Waals surface area contributed by atoms with Crippen LogP contribution in [0.4, 0.5) is 13.2 Å². The summed E-state index contributed by atoms with van der Waals surface area (Å²) in [5.41, 5.74) is 5.43. The lowest BCUT2D eigenvalue weighted by Crippen LogP contribution is -2.45. The van der Waals surface area contributed by atoms with Crippen molar-refractivity contribution in [2.75, 3.05) is 13.1 Å². The standard InChI is InChI=1S/C14H27F3N2O/c1-4-12(5-2)19(10-14(15,16)17)13(20)7-6-11(3)8-9-18/h11-12H,4-10,18H2,1-3H3. The third-order valence-corrected chi connectivity index (χ3v) is 3.56. The van der Waals surface area contributed by atoms with Gasteiger partial charge in [0.25, 0.3) is 0 Å². The molecule has 0 aromatic heterocycles. The Bertz CT molecular complexity index is 278. The number of carbonyl (C=O) groups excluding carboxylic acids is 1. The van der Waals surface area contributed by atoms with E-state index in [1.165, 1.54) is 0 Å². The second kappa shape index (κ2) is 9.21. The summed E-state index contributed by atoms with van der Waals surface area (Å²) in [6.45, 7) is 4.96. The summed E-state index contributed by atoms with van der Waals surface area (Å²) >= 11 is 0. The summed E-state index contributed by atoms with van der Waals surface area (Å²) in [7, 11) is 0. The minimum absolute atomic E-state index is 0.160. The van der Waals surface area contributed by atoms with Crippen molar-refractivity contribution < 1.29 is 18.0 Å². The summed E-state index contributed by atoms with van der Waals surface area (Å²) in [5, 5.41) is 0. The average Bonchev–Trinajstić information content (AvgIpc) is 2.35. The zero-order valence-electron chi connectivity index (χ0n) is 12.7. The number of hydrogen-bond donors (Lipinski definition) is 1. The first kappa shape index (κ1) is 19.2. The number of halogens is 3. The minimum Gasteiger partial charge on any atom is -0.331 e. The molecule has 0 saturated heterocycles. The van der Waals surface area contributed by atoms with E-state index in [1.807, 2.05) is 20.8 Å². The lowest BCUT2D eigenvalue weighted by molar-refractivity contribution is -0.166. The molecule has 1 unspecified atom stereocenters. The summed E-state index contributed by atoms with van der Waals surface area (Å²) in [4.78, 5) is 13.1. The Balaban J connectivity index is 4.63. The van der Waals surface area contributed by atoms with E-state index < -0.39 is 18.6 Å². The van der Waals surface area contributed by atoms with Crippen molar-refractivity contribution in [1.29, 1.82) is 0 Å². The fourth-order valence-electron chi connectivity index (χ4n) is 2.29. The Morgan fingerprint density at radius 1 is 1.20 bits per heavy atom. The first-order chi connectivity index (χ1) is 9.25. The number of nitrogens with two attached hydrogens (primary N) is 1. The largest absolute Gasteiger partial charge is 0.406 e. The van der Waals surface area contributed by atoms with Crippen LogP contribution in [-0.2, 0) is 4.79 Å². The second-order valence-electron chi connectivity index (χ2n) is 5.33. The van der Waals surface area contributed by atoms with Crippen LogP contribution in [0, 0.1) is 5.92 Å². The van der Waals surface area contributed by atoms with E-state index in [9.17, 15) is 18.0 Å². The second-order valence-corrected chi connectivity index (χ2v) is 5.33. The predicted molar refractivity (Wildman–Crippen MR) is 74.2 cm³/mol. The lowest BCUT2D eigenvalue weighted by atomic mass is 10.0. The van der Waals surface area contributed by atoms with Crippen molar-refractivity contribution in [3.63, 3.8) is 0 Å². The Morgan fingerprint density at radius 2 is 1.75 bits per heavy atom. The maximum Gasteiger partial charge on any atom is 0.406 e. The molecule has 2 N–H and O–H groups in total. The minimum atomic E-state index is -4.35. The van der Waals surface area contributed by atoms with Crippen LogP contribution < -0.4 is 5.73 Å². The van der Waals surface area contributed by atoms with Gasteiger partial charge in [-0.3, -0.25) is 4.79 Å². The molecule has 20 heavy (non-hydrogen) atoms. The quantitative estimate of drug-likeness (QED) is 0.709. The first-order valence-corrected chi connectivity index (χ1v) is 7.31. The summed E-state index contributed by atoms with van der Waals surface area (Å²) in [5.74, 6) is -0.140. The molecule has 0 rings (SSSR count). The lowest BCUT2D eigenvalue weighted by Gasteiger charge is -2.31. The van der Waals surface area contributed by atoms with Gasteiger partial charge in [0.2, 0.25) is 5.91 Å². The molecule has 3 nitrogen and oxygen atoms in total. The molecule has 0 aliphatic carbocycles. The van der Waals surface area contributed by atoms with Gasteiger partial charge in [0.15, 0.2) is 0 Å². The third kappa shape index (κ3) is 7.72. The molecule has 0 bridgehead atoms. The molecule has 0 heterocycles. The highest BCUT2D eigenvalue weighted by Crippen LogP contribution is 2.22. The van der Waals surface area contributed by atoms with Crippen LogP contribution in [0.1, 0.15) is 52.9 Å². The van der Waals surface area contributed by atoms with Gasteiger partial charge in [-0.25, -0.2) is 0 Å². The normalized spacial score (nSPS) is 13.6. The Hall–Kier alpha value is -0.780. The Kier molecular flexibility index (Phi) is 8.85. The highest BCUT2D eigenvalue weighted by atomic mass is 19.4. The summed E-state index contributed by atoms with van der Waals surface area (Å²) < 4.78 is 37.8. The monoisotopic (exact) mass is 296 g/mol. The van der Waals surface area contributed by atoms with Crippen LogP contribution in [0.3, 0.4) is 0 Å². The van der Waals surface area contributed by atoms with Crippen molar-refractivity contribution in [3.8, 4) is 0 Å². The van der Waals surface area contributed by atoms with Gasteiger partial charge in [-0.05, 0) is 38.1 Å². The predicted octanol–water partition coefficient (Wildman–Crippen LogP) is 3.33. The molecule has 0 aliphatic rings. The number of amides is 1.